The summed E-state index contributed by atoms with van der Waals surface area (Å²) in [5.74, 6) is -0.926. The fourth-order valence-corrected chi connectivity index (χ4v) is 1.61. The molecule has 1 aromatic carbocycles. The molecule has 0 unspecified atom stereocenters. The van der Waals surface area contributed by atoms with Crippen LogP contribution in [0.5, 0.6) is 0 Å². The van der Waals surface area contributed by atoms with E-state index in [2.05, 4.69) is 31.2 Å². The minimum atomic E-state index is -0.926. The molecule has 0 spiro atoms. The SMILES string of the molecule is COC(CCc1ccc(C)cc1)(OC)OC. The van der Waals surface area contributed by atoms with Crippen LogP contribution in [0, 0.1) is 6.92 Å². The van der Waals surface area contributed by atoms with Crippen LogP contribution in [0.3, 0.4) is 0 Å². The fraction of sp³-hybridized carbons (Fsp3) is 0.538. The molecule has 1 aromatic rings. The Balaban J connectivity index is 2.58. The molecule has 3 nitrogen and oxygen atoms in total. The summed E-state index contributed by atoms with van der Waals surface area (Å²) in [6.07, 6.45) is 1.52. The van der Waals surface area contributed by atoms with Crippen LogP contribution >= 0.6 is 0 Å². The minimum absolute atomic E-state index is 0.666. The molecule has 0 saturated heterocycles. The van der Waals surface area contributed by atoms with Gasteiger partial charge in [0.25, 0.3) is 5.97 Å². The summed E-state index contributed by atoms with van der Waals surface area (Å²) in [5.41, 5.74) is 2.52. The van der Waals surface area contributed by atoms with Crippen molar-refractivity contribution in [3.63, 3.8) is 0 Å². The van der Waals surface area contributed by atoms with E-state index in [1.54, 1.807) is 21.3 Å². The van der Waals surface area contributed by atoms with E-state index in [0.717, 1.165) is 6.42 Å². The molecule has 90 valence electrons. The molecule has 0 atom stereocenters. The van der Waals surface area contributed by atoms with Crippen molar-refractivity contribution in [1.82, 2.24) is 0 Å². The molecular weight excluding hydrogens is 204 g/mol. The Hall–Kier alpha value is -0.900. The average Bonchev–Trinajstić information content (AvgIpc) is 2.34. The van der Waals surface area contributed by atoms with E-state index in [4.69, 9.17) is 14.2 Å². The number of benzene rings is 1. The van der Waals surface area contributed by atoms with Gasteiger partial charge in [0.05, 0.1) is 0 Å². The molecule has 0 aliphatic rings. The number of rotatable bonds is 6. The van der Waals surface area contributed by atoms with Gasteiger partial charge in [-0.2, -0.15) is 0 Å². The van der Waals surface area contributed by atoms with Gasteiger partial charge in [-0.3, -0.25) is 0 Å². The summed E-state index contributed by atoms with van der Waals surface area (Å²) < 4.78 is 15.7. The van der Waals surface area contributed by atoms with Crippen LogP contribution in [0.1, 0.15) is 17.5 Å². The van der Waals surface area contributed by atoms with Gasteiger partial charge in [0, 0.05) is 27.8 Å². The number of ether oxygens (including phenoxy) is 3. The Morgan fingerprint density at radius 3 is 1.88 bits per heavy atom. The van der Waals surface area contributed by atoms with Gasteiger partial charge in [-0.15, -0.1) is 0 Å². The molecule has 0 radical (unpaired) electrons. The maximum Gasteiger partial charge on any atom is 0.282 e. The quantitative estimate of drug-likeness (QED) is 0.695. The van der Waals surface area contributed by atoms with Crippen molar-refractivity contribution in [3.05, 3.63) is 35.4 Å². The van der Waals surface area contributed by atoms with E-state index in [1.165, 1.54) is 11.1 Å². The van der Waals surface area contributed by atoms with Gasteiger partial charge in [0.1, 0.15) is 0 Å². The molecule has 0 aromatic heterocycles. The third kappa shape index (κ3) is 3.30. The molecule has 0 saturated carbocycles. The van der Waals surface area contributed by atoms with Gasteiger partial charge in [-0.25, -0.2) is 0 Å². The highest BCUT2D eigenvalue weighted by atomic mass is 16.9. The molecule has 0 bridgehead atoms. The lowest BCUT2D eigenvalue weighted by Crippen LogP contribution is -2.36. The van der Waals surface area contributed by atoms with Crippen LogP contribution in [0.4, 0.5) is 0 Å². The smallest absolute Gasteiger partial charge is 0.282 e. The maximum absolute atomic E-state index is 5.24. The summed E-state index contributed by atoms with van der Waals surface area (Å²) in [6.45, 7) is 2.08. The van der Waals surface area contributed by atoms with Gasteiger partial charge in [0.15, 0.2) is 0 Å². The first-order valence-electron chi connectivity index (χ1n) is 5.37. The Morgan fingerprint density at radius 2 is 1.44 bits per heavy atom. The number of hydrogen-bond acceptors (Lipinski definition) is 3. The zero-order chi connectivity index (χ0) is 12.0. The number of hydrogen-bond donors (Lipinski definition) is 0. The lowest BCUT2D eigenvalue weighted by Gasteiger charge is -2.28. The standard InChI is InChI=1S/C13H20O3/c1-11-5-7-12(8-6-11)9-10-13(14-2,15-3)16-4/h5-8H,9-10H2,1-4H3. The predicted molar refractivity (Wildman–Crippen MR) is 63.3 cm³/mol. The van der Waals surface area contributed by atoms with Crippen molar-refractivity contribution in [1.29, 1.82) is 0 Å². The molecule has 1 rings (SSSR count). The van der Waals surface area contributed by atoms with E-state index >= 15 is 0 Å². The second-order valence-corrected chi connectivity index (χ2v) is 3.78. The molecule has 0 aliphatic heterocycles. The van der Waals surface area contributed by atoms with Crippen LogP contribution in [-0.4, -0.2) is 27.3 Å². The Labute approximate surface area is 97.3 Å². The van der Waals surface area contributed by atoms with Gasteiger partial charge in [-0.1, -0.05) is 29.8 Å². The largest absolute Gasteiger partial charge is 0.331 e. The normalized spacial score (nSPS) is 11.8. The Kier molecular flexibility index (Phi) is 4.93. The number of aryl methyl sites for hydroxylation is 2. The highest BCUT2D eigenvalue weighted by molar-refractivity contribution is 5.21. The average molecular weight is 224 g/mol. The summed E-state index contributed by atoms with van der Waals surface area (Å²) >= 11 is 0. The van der Waals surface area contributed by atoms with Gasteiger partial charge >= 0.3 is 0 Å². The topological polar surface area (TPSA) is 27.7 Å². The molecule has 0 fully saturated rings. The molecule has 0 amide bonds. The zero-order valence-corrected chi connectivity index (χ0v) is 10.4. The first-order chi connectivity index (χ1) is 7.65. The van der Waals surface area contributed by atoms with Crippen molar-refractivity contribution in [2.45, 2.75) is 25.7 Å². The monoisotopic (exact) mass is 224 g/mol. The third-order valence-electron chi connectivity index (χ3n) is 2.77. The number of methoxy groups -OCH3 is 3. The highest BCUT2D eigenvalue weighted by Crippen LogP contribution is 2.20. The maximum atomic E-state index is 5.24. The Bertz CT molecular complexity index is 293. The van der Waals surface area contributed by atoms with E-state index in [-0.39, 0.29) is 0 Å². The summed E-state index contributed by atoms with van der Waals surface area (Å²) in [7, 11) is 4.76. The van der Waals surface area contributed by atoms with E-state index in [9.17, 15) is 0 Å². The van der Waals surface area contributed by atoms with Crippen molar-refractivity contribution >= 4 is 0 Å². The molecule has 16 heavy (non-hydrogen) atoms. The zero-order valence-electron chi connectivity index (χ0n) is 10.4. The molecule has 0 N–H and O–H groups in total. The van der Waals surface area contributed by atoms with Crippen LogP contribution in [0.15, 0.2) is 24.3 Å². The lowest BCUT2D eigenvalue weighted by molar-refractivity contribution is -0.354. The second-order valence-electron chi connectivity index (χ2n) is 3.78. The first-order valence-corrected chi connectivity index (χ1v) is 5.37. The van der Waals surface area contributed by atoms with Gasteiger partial charge in [0.2, 0.25) is 0 Å². The summed E-state index contributed by atoms with van der Waals surface area (Å²) in [5, 5.41) is 0. The Morgan fingerprint density at radius 1 is 0.938 bits per heavy atom. The van der Waals surface area contributed by atoms with E-state index in [1.807, 2.05) is 0 Å². The van der Waals surface area contributed by atoms with Crippen LogP contribution < -0.4 is 0 Å². The lowest BCUT2D eigenvalue weighted by atomic mass is 10.1. The van der Waals surface area contributed by atoms with Crippen LogP contribution in [0.25, 0.3) is 0 Å². The van der Waals surface area contributed by atoms with Gasteiger partial charge < -0.3 is 14.2 Å². The van der Waals surface area contributed by atoms with Crippen LogP contribution in [-0.2, 0) is 20.6 Å². The summed E-state index contributed by atoms with van der Waals surface area (Å²) in [6, 6.07) is 8.43. The van der Waals surface area contributed by atoms with Crippen molar-refractivity contribution in [2.24, 2.45) is 0 Å². The highest BCUT2D eigenvalue weighted by Gasteiger charge is 2.28. The van der Waals surface area contributed by atoms with Crippen LogP contribution in [0.2, 0.25) is 0 Å². The van der Waals surface area contributed by atoms with E-state index in [0.29, 0.717) is 6.42 Å². The van der Waals surface area contributed by atoms with Gasteiger partial charge in [-0.05, 0) is 18.9 Å². The fourth-order valence-electron chi connectivity index (χ4n) is 1.61. The van der Waals surface area contributed by atoms with Crippen molar-refractivity contribution < 1.29 is 14.2 Å². The second kappa shape index (κ2) is 5.99. The summed E-state index contributed by atoms with van der Waals surface area (Å²) in [4.78, 5) is 0. The molecular formula is C13H20O3. The molecule has 0 heterocycles. The first kappa shape index (κ1) is 13.2. The predicted octanol–water partition coefficient (Wildman–Crippen LogP) is 2.52. The molecule has 3 heteroatoms. The molecule has 0 aliphatic carbocycles. The van der Waals surface area contributed by atoms with Crippen molar-refractivity contribution in [3.8, 4) is 0 Å². The minimum Gasteiger partial charge on any atom is -0.331 e. The van der Waals surface area contributed by atoms with E-state index < -0.39 is 5.97 Å². The van der Waals surface area contributed by atoms with Crippen molar-refractivity contribution in [2.75, 3.05) is 21.3 Å². The third-order valence-corrected chi connectivity index (χ3v) is 2.77.